The van der Waals surface area contributed by atoms with E-state index in [0.29, 0.717) is 17.8 Å². The Kier molecular flexibility index (Phi) is 4.94. The molecule has 3 rings (SSSR count). The number of nitrogens with zero attached hydrogens (tertiary/aromatic N) is 2. The van der Waals surface area contributed by atoms with Crippen LogP contribution in [-0.4, -0.2) is 19.4 Å². The summed E-state index contributed by atoms with van der Waals surface area (Å²) in [5.74, 6) is 0. The summed E-state index contributed by atoms with van der Waals surface area (Å²) in [5, 5.41) is 12.0. The molecule has 0 aliphatic rings. The van der Waals surface area contributed by atoms with Gasteiger partial charge < -0.3 is 5.32 Å². The van der Waals surface area contributed by atoms with Crippen molar-refractivity contribution in [2.45, 2.75) is 18.4 Å². The number of aryl methyl sites for hydroxylation is 1. The molecule has 132 valence electrons. The lowest BCUT2D eigenvalue weighted by molar-refractivity contribution is 0.588. The van der Waals surface area contributed by atoms with Gasteiger partial charge in [0.1, 0.15) is 0 Å². The van der Waals surface area contributed by atoms with E-state index in [2.05, 4.69) is 11.4 Å². The molecule has 0 radical (unpaired) electrons. The average Bonchev–Trinajstić information content (AvgIpc) is 3.07. The summed E-state index contributed by atoms with van der Waals surface area (Å²) in [7, 11) is -1.91. The standard InChI is InChI=1S/C20H19N3O2S/c1-15-3-9-19(10-4-15)26(24,25)23-14-17(13-22-2)11-20(23)18-7-5-16(12-21)6-8-18/h3-11,14,22H,13H2,1-2H3. The number of benzene rings is 2. The molecule has 0 saturated heterocycles. The van der Waals surface area contributed by atoms with Crippen LogP contribution in [0.25, 0.3) is 11.3 Å². The molecule has 1 heterocycles. The highest BCUT2D eigenvalue weighted by Gasteiger charge is 2.21. The first kappa shape index (κ1) is 17.9. The molecule has 0 aliphatic carbocycles. The summed E-state index contributed by atoms with van der Waals surface area (Å²) in [6, 6.07) is 17.6. The van der Waals surface area contributed by atoms with Gasteiger partial charge in [-0.3, -0.25) is 0 Å². The maximum atomic E-state index is 13.2. The van der Waals surface area contributed by atoms with Crippen LogP contribution in [-0.2, 0) is 16.6 Å². The molecule has 0 spiro atoms. The number of nitriles is 1. The molecule has 0 amide bonds. The first-order valence-electron chi connectivity index (χ1n) is 8.14. The summed E-state index contributed by atoms with van der Waals surface area (Å²) in [6.45, 7) is 2.47. The van der Waals surface area contributed by atoms with Crippen molar-refractivity contribution < 1.29 is 8.42 Å². The largest absolute Gasteiger partial charge is 0.316 e. The summed E-state index contributed by atoms with van der Waals surface area (Å²) in [6.07, 6.45) is 1.64. The predicted octanol–water partition coefficient (Wildman–Crippen LogP) is 3.29. The van der Waals surface area contributed by atoms with Gasteiger partial charge in [-0.1, -0.05) is 29.8 Å². The molecule has 1 N–H and O–H groups in total. The second kappa shape index (κ2) is 7.16. The average molecular weight is 365 g/mol. The van der Waals surface area contributed by atoms with Crippen molar-refractivity contribution in [3.63, 3.8) is 0 Å². The monoisotopic (exact) mass is 365 g/mol. The molecule has 0 aliphatic heterocycles. The Hall–Kier alpha value is -2.88. The molecule has 26 heavy (non-hydrogen) atoms. The Morgan fingerprint density at radius 1 is 1.08 bits per heavy atom. The second-order valence-corrected chi connectivity index (χ2v) is 7.88. The predicted molar refractivity (Wildman–Crippen MR) is 101 cm³/mol. The first-order chi connectivity index (χ1) is 12.5. The number of hydrogen-bond donors (Lipinski definition) is 1. The maximum Gasteiger partial charge on any atom is 0.268 e. The number of aromatic nitrogens is 1. The van der Waals surface area contributed by atoms with Gasteiger partial charge in [-0.15, -0.1) is 0 Å². The van der Waals surface area contributed by atoms with Crippen LogP contribution in [0.2, 0.25) is 0 Å². The molecule has 2 aromatic carbocycles. The summed E-state index contributed by atoms with van der Waals surface area (Å²) in [4.78, 5) is 0.240. The van der Waals surface area contributed by atoms with Gasteiger partial charge in [0.15, 0.2) is 0 Å². The highest BCUT2D eigenvalue weighted by atomic mass is 32.2. The van der Waals surface area contributed by atoms with Crippen LogP contribution in [0.1, 0.15) is 16.7 Å². The molecule has 0 atom stereocenters. The van der Waals surface area contributed by atoms with Crippen LogP contribution in [0.4, 0.5) is 0 Å². The van der Waals surface area contributed by atoms with E-state index < -0.39 is 10.0 Å². The zero-order valence-corrected chi connectivity index (χ0v) is 15.4. The van der Waals surface area contributed by atoms with Gasteiger partial charge >= 0.3 is 0 Å². The highest BCUT2D eigenvalue weighted by Crippen LogP contribution is 2.27. The molecule has 0 saturated carbocycles. The third-order valence-corrected chi connectivity index (χ3v) is 5.80. The van der Waals surface area contributed by atoms with Gasteiger partial charge in [0.25, 0.3) is 10.0 Å². The van der Waals surface area contributed by atoms with E-state index in [9.17, 15) is 8.42 Å². The fourth-order valence-corrected chi connectivity index (χ4v) is 4.14. The third kappa shape index (κ3) is 3.40. The zero-order chi connectivity index (χ0) is 18.7. The van der Waals surface area contributed by atoms with Crippen LogP contribution >= 0.6 is 0 Å². The normalized spacial score (nSPS) is 11.3. The van der Waals surface area contributed by atoms with E-state index in [4.69, 9.17) is 5.26 Å². The van der Waals surface area contributed by atoms with E-state index in [1.807, 2.05) is 20.0 Å². The minimum absolute atomic E-state index is 0.240. The van der Waals surface area contributed by atoms with Gasteiger partial charge in [0.05, 0.1) is 22.2 Å². The van der Waals surface area contributed by atoms with Crippen molar-refractivity contribution in [1.29, 1.82) is 5.26 Å². The molecule has 0 bridgehead atoms. The van der Waals surface area contributed by atoms with E-state index >= 15 is 0 Å². The smallest absolute Gasteiger partial charge is 0.268 e. The van der Waals surface area contributed by atoms with Crippen LogP contribution in [0.3, 0.4) is 0 Å². The number of nitrogens with one attached hydrogen (secondary N) is 1. The summed E-state index contributed by atoms with van der Waals surface area (Å²) in [5.41, 5.74) is 3.70. The van der Waals surface area contributed by atoms with Crippen molar-refractivity contribution >= 4 is 10.0 Å². The van der Waals surface area contributed by atoms with Crippen molar-refractivity contribution in [3.05, 3.63) is 77.5 Å². The quantitative estimate of drug-likeness (QED) is 0.753. The fraction of sp³-hybridized carbons (Fsp3) is 0.150. The lowest BCUT2D eigenvalue weighted by Gasteiger charge is -2.11. The van der Waals surface area contributed by atoms with Crippen LogP contribution in [0.15, 0.2) is 65.7 Å². The topological polar surface area (TPSA) is 74.9 Å². The van der Waals surface area contributed by atoms with Crippen molar-refractivity contribution in [2.75, 3.05) is 7.05 Å². The van der Waals surface area contributed by atoms with Gasteiger partial charge in [-0.25, -0.2) is 12.4 Å². The van der Waals surface area contributed by atoms with Gasteiger partial charge in [0.2, 0.25) is 0 Å². The summed E-state index contributed by atoms with van der Waals surface area (Å²) >= 11 is 0. The Morgan fingerprint density at radius 3 is 2.31 bits per heavy atom. The van der Waals surface area contributed by atoms with Crippen LogP contribution in [0.5, 0.6) is 0 Å². The van der Waals surface area contributed by atoms with Crippen LogP contribution < -0.4 is 5.32 Å². The van der Waals surface area contributed by atoms with Gasteiger partial charge in [-0.2, -0.15) is 5.26 Å². The molecule has 1 aromatic heterocycles. The molecule has 3 aromatic rings. The molecule has 5 nitrogen and oxygen atoms in total. The Morgan fingerprint density at radius 2 is 1.73 bits per heavy atom. The minimum atomic E-state index is -3.72. The SMILES string of the molecule is CNCc1cc(-c2ccc(C#N)cc2)n(S(=O)(=O)c2ccc(C)cc2)c1. The molecule has 0 fully saturated rings. The van der Waals surface area contributed by atoms with E-state index in [0.717, 1.165) is 16.7 Å². The van der Waals surface area contributed by atoms with E-state index in [-0.39, 0.29) is 4.90 Å². The lowest BCUT2D eigenvalue weighted by atomic mass is 10.1. The number of rotatable bonds is 5. The number of hydrogen-bond acceptors (Lipinski definition) is 4. The minimum Gasteiger partial charge on any atom is -0.316 e. The Labute approximate surface area is 153 Å². The molecule has 6 heteroatoms. The van der Waals surface area contributed by atoms with Crippen molar-refractivity contribution in [2.24, 2.45) is 0 Å². The first-order valence-corrected chi connectivity index (χ1v) is 9.58. The van der Waals surface area contributed by atoms with Gasteiger partial charge in [0, 0.05) is 12.7 Å². The lowest BCUT2D eigenvalue weighted by Crippen LogP contribution is -2.13. The van der Waals surface area contributed by atoms with E-state index in [1.54, 1.807) is 54.7 Å². The van der Waals surface area contributed by atoms with Gasteiger partial charge in [-0.05, 0) is 55.4 Å². The summed E-state index contributed by atoms with van der Waals surface area (Å²) < 4.78 is 27.7. The van der Waals surface area contributed by atoms with Crippen molar-refractivity contribution in [3.8, 4) is 17.3 Å². The zero-order valence-electron chi connectivity index (χ0n) is 14.6. The Bertz CT molecular complexity index is 1060. The maximum absolute atomic E-state index is 13.2. The fourth-order valence-electron chi connectivity index (χ4n) is 2.75. The second-order valence-electron chi connectivity index (χ2n) is 6.07. The van der Waals surface area contributed by atoms with Crippen LogP contribution in [0, 0.1) is 18.3 Å². The molecular formula is C20H19N3O2S. The van der Waals surface area contributed by atoms with E-state index in [1.165, 1.54) is 3.97 Å². The van der Waals surface area contributed by atoms with Crippen molar-refractivity contribution in [1.82, 2.24) is 9.29 Å². The molecule has 0 unspecified atom stereocenters. The third-order valence-electron chi connectivity index (χ3n) is 4.11. The highest BCUT2D eigenvalue weighted by molar-refractivity contribution is 7.90. The molecular weight excluding hydrogens is 346 g/mol. The Balaban J connectivity index is 2.16.